The molecule has 7 nitrogen and oxygen atoms in total. The lowest BCUT2D eigenvalue weighted by atomic mass is 10.1. The van der Waals surface area contributed by atoms with Crippen molar-refractivity contribution in [1.29, 1.82) is 5.26 Å². The standard InChI is InChI=1S/C20H15N5O2/c21-11-18(25-24-14-6-2-1-3-7-14)19-23-17(20(26)27-19)10-13-12-22-16-9-5-4-8-15(13)16/h1-9,12,22,24,26H,10H2/b25-18+. The molecule has 2 heterocycles. The van der Waals surface area contributed by atoms with Gasteiger partial charge in [-0.05, 0) is 23.8 Å². The van der Waals surface area contributed by atoms with Gasteiger partial charge in [-0.25, -0.2) is 4.98 Å². The molecule has 7 heteroatoms. The van der Waals surface area contributed by atoms with Gasteiger partial charge in [0, 0.05) is 23.5 Å². The molecule has 0 radical (unpaired) electrons. The van der Waals surface area contributed by atoms with Crippen LogP contribution in [-0.4, -0.2) is 20.8 Å². The average Bonchev–Trinajstić information content (AvgIpc) is 3.28. The minimum atomic E-state index is -0.321. The number of aromatic hydroxyl groups is 1. The van der Waals surface area contributed by atoms with Crippen LogP contribution in [0, 0.1) is 11.3 Å². The zero-order chi connectivity index (χ0) is 18.6. The van der Waals surface area contributed by atoms with Gasteiger partial charge >= 0.3 is 5.95 Å². The number of aromatic nitrogens is 2. The summed E-state index contributed by atoms with van der Waals surface area (Å²) in [5.74, 6) is -0.355. The molecule has 0 saturated heterocycles. The highest BCUT2D eigenvalue weighted by atomic mass is 16.5. The molecule has 0 aliphatic carbocycles. The van der Waals surface area contributed by atoms with E-state index < -0.39 is 0 Å². The Balaban J connectivity index is 1.59. The summed E-state index contributed by atoms with van der Waals surface area (Å²) < 4.78 is 5.26. The van der Waals surface area contributed by atoms with Crippen LogP contribution in [0.25, 0.3) is 10.9 Å². The predicted molar refractivity (Wildman–Crippen MR) is 101 cm³/mol. The summed E-state index contributed by atoms with van der Waals surface area (Å²) in [7, 11) is 0. The average molecular weight is 357 g/mol. The maximum Gasteiger partial charge on any atom is 0.306 e. The van der Waals surface area contributed by atoms with Gasteiger partial charge < -0.3 is 14.5 Å². The van der Waals surface area contributed by atoms with E-state index >= 15 is 0 Å². The lowest BCUT2D eigenvalue weighted by molar-refractivity contribution is 0.326. The van der Waals surface area contributed by atoms with E-state index in [9.17, 15) is 10.4 Å². The Kier molecular flexibility index (Phi) is 4.29. The molecule has 27 heavy (non-hydrogen) atoms. The van der Waals surface area contributed by atoms with E-state index in [1.165, 1.54) is 0 Å². The van der Waals surface area contributed by atoms with Gasteiger partial charge in [0.25, 0.3) is 5.89 Å². The zero-order valence-electron chi connectivity index (χ0n) is 14.2. The van der Waals surface area contributed by atoms with Crippen LogP contribution in [-0.2, 0) is 6.42 Å². The molecule has 0 atom stereocenters. The van der Waals surface area contributed by atoms with Crippen LogP contribution in [0.3, 0.4) is 0 Å². The number of nitrogens with zero attached hydrogens (tertiary/aromatic N) is 3. The topological polar surface area (TPSA) is 110 Å². The number of hydrogen-bond donors (Lipinski definition) is 3. The number of para-hydroxylation sites is 2. The fraction of sp³-hybridized carbons (Fsp3) is 0.0500. The number of nitriles is 1. The first kappa shape index (κ1) is 16.4. The van der Waals surface area contributed by atoms with Gasteiger partial charge in [-0.2, -0.15) is 10.4 Å². The minimum absolute atomic E-state index is 0.0340. The number of anilines is 1. The summed E-state index contributed by atoms with van der Waals surface area (Å²) in [4.78, 5) is 7.43. The van der Waals surface area contributed by atoms with Gasteiger partial charge in [0.1, 0.15) is 11.8 Å². The molecule has 2 aromatic heterocycles. The maximum atomic E-state index is 10.1. The number of H-pyrrole nitrogens is 1. The SMILES string of the molecule is N#C/C(=N\Nc1ccccc1)c1nc(Cc2c[nH]c3ccccc23)c(O)o1. The Morgan fingerprint density at radius 3 is 2.78 bits per heavy atom. The van der Waals surface area contributed by atoms with Crippen molar-refractivity contribution in [1.82, 2.24) is 9.97 Å². The van der Waals surface area contributed by atoms with Crippen molar-refractivity contribution in [3.8, 4) is 12.0 Å². The molecule has 0 saturated carbocycles. The number of hydrazone groups is 1. The van der Waals surface area contributed by atoms with Crippen LogP contribution in [0.5, 0.6) is 5.95 Å². The molecule has 0 bridgehead atoms. The third kappa shape index (κ3) is 3.37. The Morgan fingerprint density at radius 1 is 1.19 bits per heavy atom. The number of benzene rings is 2. The van der Waals surface area contributed by atoms with Crippen LogP contribution in [0.15, 0.2) is 70.3 Å². The normalized spacial score (nSPS) is 11.4. The van der Waals surface area contributed by atoms with Crippen molar-refractivity contribution >= 4 is 22.3 Å². The van der Waals surface area contributed by atoms with Gasteiger partial charge in [0.05, 0.1) is 5.69 Å². The Hall–Kier alpha value is -4.05. The highest BCUT2D eigenvalue weighted by Crippen LogP contribution is 2.26. The van der Waals surface area contributed by atoms with Crippen molar-refractivity contribution in [3.63, 3.8) is 0 Å². The van der Waals surface area contributed by atoms with E-state index in [1.807, 2.05) is 66.9 Å². The van der Waals surface area contributed by atoms with Crippen LogP contribution in [0.1, 0.15) is 17.1 Å². The lowest BCUT2D eigenvalue weighted by Crippen LogP contribution is -2.02. The Bertz CT molecular complexity index is 1150. The molecule has 0 spiro atoms. The highest BCUT2D eigenvalue weighted by molar-refractivity contribution is 6.09. The van der Waals surface area contributed by atoms with Crippen molar-refractivity contribution in [2.45, 2.75) is 6.42 Å². The van der Waals surface area contributed by atoms with E-state index in [-0.39, 0.29) is 17.5 Å². The minimum Gasteiger partial charge on any atom is -0.479 e. The first-order valence-electron chi connectivity index (χ1n) is 8.27. The molecule has 4 aromatic rings. The van der Waals surface area contributed by atoms with E-state index in [1.54, 1.807) is 0 Å². The summed E-state index contributed by atoms with van der Waals surface area (Å²) in [5.41, 5.74) is 5.76. The van der Waals surface area contributed by atoms with Crippen LogP contribution < -0.4 is 5.43 Å². The second kappa shape index (κ2) is 7.06. The number of fused-ring (bicyclic) bond motifs is 1. The molecule has 132 valence electrons. The molecule has 0 aliphatic rings. The fourth-order valence-corrected chi connectivity index (χ4v) is 2.77. The lowest BCUT2D eigenvalue weighted by Gasteiger charge is -1.98. The molecule has 4 rings (SSSR count). The summed E-state index contributed by atoms with van der Waals surface area (Å²) in [6, 6.07) is 19.0. The van der Waals surface area contributed by atoms with Gasteiger partial charge in [-0.15, -0.1) is 0 Å². The number of rotatable bonds is 5. The molecule has 0 fully saturated rings. The molecule has 0 amide bonds. The summed E-state index contributed by atoms with van der Waals surface area (Å²) in [5, 5.41) is 24.5. The number of oxazole rings is 1. The third-order valence-corrected chi connectivity index (χ3v) is 4.09. The van der Waals surface area contributed by atoms with Crippen LogP contribution in [0.4, 0.5) is 5.69 Å². The first-order valence-corrected chi connectivity index (χ1v) is 8.27. The second-order valence-corrected chi connectivity index (χ2v) is 5.86. The van der Waals surface area contributed by atoms with Gasteiger partial charge in [-0.1, -0.05) is 36.4 Å². The molecular formula is C20H15N5O2. The van der Waals surface area contributed by atoms with Crippen molar-refractivity contribution in [2.24, 2.45) is 5.10 Å². The van der Waals surface area contributed by atoms with Gasteiger partial charge in [0.2, 0.25) is 5.71 Å². The predicted octanol–water partition coefficient (Wildman–Crippen LogP) is 3.79. The Morgan fingerprint density at radius 2 is 1.96 bits per heavy atom. The van der Waals surface area contributed by atoms with E-state index in [4.69, 9.17) is 4.42 Å². The summed E-state index contributed by atoms with van der Waals surface area (Å²) in [6.45, 7) is 0. The monoisotopic (exact) mass is 357 g/mol. The summed E-state index contributed by atoms with van der Waals surface area (Å²) in [6.07, 6.45) is 2.24. The highest BCUT2D eigenvalue weighted by Gasteiger charge is 2.18. The smallest absolute Gasteiger partial charge is 0.306 e. The number of aromatic amines is 1. The largest absolute Gasteiger partial charge is 0.479 e. The first-order chi connectivity index (χ1) is 13.2. The van der Waals surface area contributed by atoms with E-state index in [2.05, 4.69) is 20.5 Å². The summed E-state index contributed by atoms with van der Waals surface area (Å²) >= 11 is 0. The van der Waals surface area contributed by atoms with Crippen molar-refractivity contribution < 1.29 is 9.52 Å². The van der Waals surface area contributed by atoms with Gasteiger partial charge in [0.15, 0.2) is 0 Å². The Labute approximate surface area is 154 Å². The van der Waals surface area contributed by atoms with Crippen molar-refractivity contribution in [3.05, 3.63) is 77.9 Å². The zero-order valence-corrected chi connectivity index (χ0v) is 14.2. The second-order valence-electron chi connectivity index (χ2n) is 5.86. The molecule has 0 unspecified atom stereocenters. The third-order valence-electron chi connectivity index (χ3n) is 4.09. The van der Waals surface area contributed by atoms with E-state index in [0.29, 0.717) is 12.1 Å². The van der Waals surface area contributed by atoms with Crippen molar-refractivity contribution in [2.75, 3.05) is 5.43 Å². The molecule has 3 N–H and O–H groups in total. The van der Waals surface area contributed by atoms with Crippen LogP contribution >= 0.6 is 0 Å². The molecule has 0 aliphatic heterocycles. The van der Waals surface area contributed by atoms with Crippen LogP contribution in [0.2, 0.25) is 0 Å². The van der Waals surface area contributed by atoms with Gasteiger partial charge in [-0.3, -0.25) is 5.43 Å². The quantitative estimate of drug-likeness (QED) is 0.372. The van der Waals surface area contributed by atoms with E-state index in [0.717, 1.165) is 22.2 Å². The fourth-order valence-electron chi connectivity index (χ4n) is 2.77. The maximum absolute atomic E-state index is 10.1. The molecule has 2 aromatic carbocycles. The number of nitrogens with one attached hydrogen (secondary N) is 2. The molecular weight excluding hydrogens is 342 g/mol. The number of hydrogen-bond acceptors (Lipinski definition) is 6.